The Morgan fingerprint density at radius 3 is 2.45 bits per heavy atom. The summed E-state index contributed by atoms with van der Waals surface area (Å²) in [5.74, 6) is 1.18. The number of fused-ring (bicyclic) bond motifs is 1. The first-order valence-corrected chi connectivity index (χ1v) is 13.3. The number of carbonyl (C=O) groups excluding carboxylic acids is 1. The Labute approximate surface area is 223 Å². The second-order valence-corrected chi connectivity index (χ2v) is 11.4. The van der Waals surface area contributed by atoms with Gasteiger partial charge in [0.05, 0.1) is 11.4 Å². The molecule has 6 rings (SSSR count). The number of aryl methyl sites for hydroxylation is 1. The van der Waals surface area contributed by atoms with E-state index in [2.05, 4.69) is 15.0 Å². The molecule has 194 valence electrons. The highest BCUT2D eigenvalue weighted by Gasteiger charge is 2.59. The van der Waals surface area contributed by atoms with E-state index < -0.39 is 5.54 Å². The van der Waals surface area contributed by atoms with Gasteiger partial charge in [-0.1, -0.05) is 0 Å². The Bertz CT molecular complexity index is 1490. The van der Waals surface area contributed by atoms with E-state index in [0.717, 1.165) is 11.1 Å². The van der Waals surface area contributed by atoms with Crippen LogP contribution < -0.4 is 10.5 Å². The van der Waals surface area contributed by atoms with E-state index in [-0.39, 0.29) is 29.7 Å². The fourth-order valence-corrected chi connectivity index (χ4v) is 5.88. The quantitative estimate of drug-likeness (QED) is 0.392. The molecule has 0 unspecified atom stereocenters. The zero-order valence-corrected chi connectivity index (χ0v) is 22.1. The van der Waals surface area contributed by atoms with Crippen molar-refractivity contribution in [3.8, 4) is 28.0 Å². The summed E-state index contributed by atoms with van der Waals surface area (Å²) in [5, 5.41) is 0.641. The molecule has 0 spiro atoms. The molecule has 3 aromatic heterocycles. The average Bonchev–Trinajstić information content (AvgIpc) is 3.22. The van der Waals surface area contributed by atoms with Crippen molar-refractivity contribution in [2.24, 2.45) is 17.6 Å². The zero-order chi connectivity index (χ0) is 26.6. The molecule has 4 heterocycles. The standard InChI is InChI=1S/C28H27FN6O2S/c1-15-24(38-26(33-15)25-31-9-4-10-32-25)27(36)35-13-19-20(14-35)23(19)37-22-12-17(28(2,3)30)11-21(34-22)16-5-7-18(29)8-6-16/h4-12,19-20,23H,13-14,30H2,1-3H3/t19-,20+,23+. The number of carbonyl (C=O) groups is 1. The van der Waals surface area contributed by atoms with E-state index in [1.165, 1.54) is 23.5 Å². The highest BCUT2D eigenvalue weighted by Crippen LogP contribution is 2.48. The normalized spacial score (nSPS) is 20.3. The van der Waals surface area contributed by atoms with Crippen LogP contribution in [0.15, 0.2) is 54.9 Å². The van der Waals surface area contributed by atoms with Crippen LogP contribution in [0.25, 0.3) is 22.1 Å². The van der Waals surface area contributed by atoms with Crippen LogP contribution in [0.2, 0.25) is 0 Å². The summed E-state index contributed by atoms with van der Waals surface area (Å²) < 4.78 is 19.8. The first-order valence-electron chi connectivity index (χ1n) is 12.5. The topological polar surface area (TPSA) is 107 Å². The van der Waals surface area contributed by atoms with E-state index in [1.54, 1.807) is 30.6 Å². The minimum absolute atomic E-state index is 0.0143. The molecule has 1 amide bonds. The smallest absolute Gasteiger partial charge is 0.265 e. The molecular weight excluding hydrogens is 503 g/mol. The van der Waals surface area contributed by atoms with Gasteiger partial charge in [-0.3, -0.25) is 4.79 Å². The molecule has 2 fully saturated rings. The Kier molecular flexibility index (Phi) is 5.96. The number of aromatic nitrogens is 4. The van der Waals surface area contributed by atoms with E-state index >= 15 is 0 Å². The van der Waals surface area contributed by atoms with E-state index in [1.807, 2.05) is 37.8 Å². The summed E-state index contributed by atoms with van der Waals surface area (Å²) in [6.07, 6.45) is 3.31. The monoisotopic (exact) mass is 530 g/mol. The van der Waals surface area contributed by atoms with Crippen molar-refractivity contribution in [2.75, 3.05) is 13.1 Å². The Hall–Kier alpha value is -3.76. The molecule has 0 radical (unpaired) electrons. The largest absolute Gasteiger partial charge is 0.474 e. The third-order valence-electron chi connectivity index (χ3n) is 7.09. The average molecular weight is 531 g/mol. The van der Waals surface area contributed by atoms with Crippen LogP contribution in [0.5, 0.6) is 5.88 Å². The van der Waals surface area contributed by atoms with Gasteiger partial charge >= 0.3 is 0 Å². The van der Waals surface area contributed by atoms with Crippen molar-refractivity contribution in [1.29, 1.82) is 0 Å². The number of hydrogen-bond acceptors (Lipinski definition) is 8. The van der Waals surface area contributed by atoms with Gasteiger partial charge in [0.1, 0.15) is 16.8 Å². The molecule has 4 aromatic rings. The second kappa shape index (κ2) is 9.21. The van der Waals surface area contributed by atoms with E-state index in [0.29, 0.717) is 46.1 Å². The number of rotatable bonds is 6. The maximum absolute atomic E-state index is 13.5. The predicted molar refractivity (Wildman–Crippen MR) is 142 cm³/mol. The van der Waals surface area contributed by atoms with Crippen LogP contribution in [-0.4, -0.2) is 49.9 Å². The number of benzene rings is 1. The number of thiazole rings is 1. The summed E-state index contributed by atoms with van der Waals surface area (Å²) in [7, 11) is 0. The number of amides is 1. The summed E-state index contributed by atoms with van der Waals surface area (Å²) >= 11 is 1.33. The molecule has 1 saturated carbocycles. The number of piperidine rings is 1. The SMILES string of the molecule is Cc1nc(-c2ncccn2)sc1C(=O)N1C[C@@H]2[C@H](C1)[C@H]2Oc1cc(C(C)(C)N)cc(-c2ccc(F)cc2)n1. The number of halogens is 1. The van der Waals surface area contributed by atoms with E-state index in [4.69, 9.17) is 15.5 Å². The van der Waals surface area contributed by atoms with Gasteiger partial charge in [-0.15, -0.1) is 11.3 Å². The van der Waals surface area contributed by atoms with Crippen LogP contribution in [0.3, 0.4) is 0 Å². The highest BCUT2D eigenvalue weighted by atomic mass is 32.1. The number of ether oxygens (including phenoxy) is 1. The molecule has 2 N–H and O–H groups in total. The molecular formula is C28H27FN6O2S. The molecule has 2 aliphatic rings. The van der Waals surface area contributed by atoms with Gasteiger partial charge in [-0.25, -0.2) is 24.3 Å². The molecule has 0 bridgehead atoms. The van der Waals surface area contributed by atoms with Gasteiger partial charge in [-0.05, 0) is 62.7 Å². The fraction of sp³-hybridized carbons (Fsp3) is 0.321. The lowest BCUT2D eigenvalue weighted by molar-refractivity contribution is 0.0755. The predicted octanol–water partition coefficient (Wildman–Crippen LogP) is 4.45. The number of nitrogens with zero attached hydrogens (tertiary/aromatic N) is 5. The first-order chi connectivity index (χ1) is 18.2. The number of pyridine rings is 1. The molecule has 10 heteroatoms. The summed E-state index contributed by atoms with van der Waals surface area (Å²) in [4.78, 5) is 33.5. The van der Waals surface area contributed by atoms with Crippen LogP contribution >= 0.6 is 11.3 Å². The third-order valence-corrected chi connectivity index (χ3v) is 8.23. The number of likely N-dealkylation sites (tertiary alicyclic amines) is 1. The summed E-state index contributed by atoms with van der Waals surface area (Å²) in [6.45, 7) is 6.93. The maximum atomic E-state index is 13.5. The van der Waals surface area contributed by atoms with Crippen LogP contribution in [0, 0.1) is 24.6 Å². The molecule has 38 heavy (non-hydrogen) atoms. The van der Waals surface area contributed by atoms with Gasteiger partial charge in [-0.2, -0.15) is 0 Å². The second-order valence-electron chi connectivity index (χ2n) is 10.4. The molecule has 1 aliphatic carbocycles. The minimum Gasteiger partial charge on any atom is -0.474 e. The Morgan fingerprint density at radius 2 is 1.79 bits per heavy atom. The molecule has 8 nitrogen and oxygen atoms in total. The lowest BCUT2D eigenvalue weighted by atomic mass is 9.95. The lowest BCUT2D eigenvalue weighted by Gasteiger charge is -2.22. The number of nitrogens with two attached hydrogens (primary N) is 1. The van der Waals surface area contributed by atoms with Crippen LogP contribution in [0.4, 0.5) is 4.39 Å². The van der Waals surface area contributed by atoms with Gasteiger partial charge < -0.3 is 15.4 Å². The molecule has 1 aromatic carbocycles. The maximum Gasteiger partial charge on any atom is 0.265 e. The Balaban J connectivity index is 1.16. The highest BCUT2D eigenvalue weighted by molar-refractivity contribution is 7.17. The molecule has 3 atom stereocenters. The molecule has 1 aliphatic heterocycles. The van der Waals surface area contributed by atoms with Crippen molar-refractivity contribution in [2.45, 2.75) is 32.4 Å². The molecule has 1 saturated heterocycles. The summed E-state index contributed by atoms with van der Waals surface area (Å²) in [5.41, 5.74) is 8.82. The van der Waals surface area contributed by atoms with Crippen molar-refractivity contribution in [3.05, 3.63) is 76.8 Å². The van der Waals surface area contributed by atoms with Crippen LogP contribution in [0.1, 0.15) is 34.8 Å². The summed E-state index contributed by atoms with van der Waals surface area (Å²) in [6, 6.07) is 11.8. The zero-order valence-electron chi connectivity index (χ0n) is 21.3. The van der Waals surface area contributed by atoms with Crippen molar-refractivity contribution in [3.63, 3.8) is 0 Å². The fourth-order valence-electron chi connectivity index (χ4n) is 4.90. The Morgan fingerprint density at radius 1 is 1.11 bits per heavy atom. The van der Waals surface area contributed by atoms with Gasteiger partial charge in [0.2, 0.25) is 5.88 Å². The van der Waals surface area contributed by atoms with Crippen molar-refractivity contribution < 1.29 is 13.9 Å². The van der Waals surface area contributed by atoms with Gasteiger partial charge in [0.25, 0.3) is 5.91 Å². The number of hydrogen-bond donors (Lipinski definition) is 1. The van der Waals surface area contributed by atoms with Crippen molar-refractivity contribution in [1.82, 2.24) is 24.8 Å². The van der Waals surface area contributed by atoms with Gasteiger partial charge in [0.15, 0.2) is 10.8 Å². The van der Waals surface area contributed by atoms with Crippen molar-refractivity contribution >= 4 is 17.2 Å². The first kappa shape index (κ1) is 24.6. The van der Waals surface area contributed by atoms with E-state index in [9.17, 15) is 9.18 Å². The van der Waals surface area contributed by atoms with Crippen LogP contribution in [-0.2, 0) is 5.54 Å². The third kappa shape index (κ3) is 4.65. The lowest BCUT2D eigenvalue weighted by Crippen LogP contribution is -2.33. The van der Waals surface area contributed by atoms with Gasteiger partial charge in [0, 0.05) is 54.5 Å². The minimum atomic E-state index is -0.602.